The van der Waals surface area contributed by atoms with Crippen molar-refractivity contribution in [2.75, 3.05) is 24.5 Å². The lowest BCUT2D eigenvalue weighted by Crippen LogP contribution is -2.39. The number of hydrogen-bond acceptors (Lipinski definition) is 2. The summed E-state index contributed by atoms with van der Waals surface area (Å²) in [4.78, 5) is 2.24. The fourth-order valence-corrected chi connectivity index (χ4v) is 3.02. The molecular weight excluding hydrogens is 263 g/mol. The molecule has 2 unspecified atom stereocenters. The quantitative estimate of drug-likeness (QED) is 0.880. The van der Waals surface area contributed by atoms with Crippen molar-refractivity contribution in [2.24, 2.45) is 17.8 Å². The topological polar surface area (TPSA) is 15.3 Å². The summed E-state index contributed by atoms with van der Waals surface area (Å²) in [5.41, 5.74) is 1.89. The number of hydrogen-bond donors (Lipinski definition) is 1. The van der Waals surface area contributed by atoms with Crippen LogP contribution in [0.3, 0.4) is 0 Å². The monoisotopic (exact) mass is 292 g/mol. The molecule has 1 aromatic carbocycles. The highest BCUT2D eigenvalue weighted by Crippen LogP contribution is 2.31. The van der Waals surface area contributed by atoms with Gasteiger partial charge in [0.25, 0.3) is 0 Å². The Hall–Kier alpha value is -1.09. The van der Waals surface area contributed by atoms with Crippen molar-refractivity contribution in [3.63, 3.8) is 0 Å². The standard InChI is InChI=1S/C18H29FN2/c1-13(2)10-20-11-16-6-5-7-17(19)18(16)21-9-8-14(3)15(4)12-21/h5-7,13-15,20H,8-12H2,1-4H3. The van der Waals surface area contributed by atoms with Crippen molar-refractivity contribution >= 4 is 5.69 Å². The molecule has 1 N–H and O–H groups in total. The molecule has 2 nitrogen and oxygen atoms in total. The second kappa shape index (κ2) is 7.26. The molecule has 0 aromatic heterocycles. The Morgan fingerprint density at radius 3 is 2.71 bits per heavy atom. The Morgan fingerprint density at radius 2 is 2.05 bits per heavy atom. The molecule has 1 fully saturated rings. The number of nitrogens with zero attached hydrogens (tertiary/aromatic N) is 1. The molecule has 1 aromatic rings. The third-order valence-corrected chi connectivity index (χ3v) is 4.59. The number of anilines is 1. The number of halogens is 1. The zero-order chi connectivity index (χ0) is 15.4. The molecule has 3 heteroatoms. The van der Waals surface area contributed by atoms with Crippen LogP contribution in [0.5, 0.6) is 0 Å². The largest absolute Gasteiger partial charge is 0.369 e. The summed E-state index contributed by atoms with van der Waals surface area (Å²) in [7, 11) is 0. The zero-order valence-corrected chi connectivity index (χ0v) is 13.8. The van der Waals surface area contributed by atoms with Crippen LogP contribution in [0.15, 0.2) is 18.2 Å². The van der Waals surface area contributed by atoms with Crippen molar-refractivity contribution in [1.82, 2.24) is 5.32 Å². The molecule has 0 spiro atoms. The Morgan fingerprint density at radius 1 is 1.29 bits per heavy atom. The predicted octanol–water partition coefficient (Wildman–Crippen LogP) is 4.05. The lowest BCUT2D eigenvalue weighted by Gasteiger charge is -2.38. The molecule has 1 saturated heterocycles. The summed E-state index contributed by atoms with van der Waals surface area (Å²) < 4.78 is 14.4. The van der Waals surface area contributed by atoms with E-state index in [4.69, 9.17) is 0 Å². The highest BCUT2D eigenvalue weighted by atomic mass is 19.1. The van der Waals surface area contributed by atoms with Gasteiger partial charge in [-0.25, -0.2) is 4.39 Å². The lowest BCUT2D eigenvalue weighted by atomic mass is 9.88. The summed E-state index contributed by atoms with van der Waals surface area (Å²) in [5.74, 6) is 1.88. The number of rotatable bonds is 5. The summed E-state index contributed by atoms with van der Waals surface area (Å²) in [6.07, 6.45) is 1.15. The number of nitrogens with one attached hydrogen (secondary N) is 1. The first-order valence-corrected chi connectivity index (χ1v) is 8.22. The number of para-hydroxylation sites is 1. The van der Waals surface area contributed by atoms with Gasteiger partial charge in [0.15, 0.2) is 0 Å². The Labute approximate surface area is 128 Å². The average molecular weight is 292 g/mol. The Balaban J connectivity index is 2.13. The molecule has 21 heavy (non-hydrogen) atoms. The summed E-state index contributed by atoms with van der Waals surface area (Å²) in [6, 6.07) is 5.46. The molecule has 0 amide bonds. The van der Waals surface area contributed by atoms with Crippen LogP contribution >= 0.6 is 0 Å². The molecule has 0 aliphatic carbocycles. The van der Waals surface area contributed by atoms with Crippen LogP contribution in [0.25, 0.3) is 0 Å². The second-order valence-electron chi connectivity index (χ2n) is 6.96. The van der Waals surface area contributed by atoms with Crippen LogP contribution in [0.4, 0.5) is 10.1 Å². The van der Waals surface area contributed by atoms with Crippen LogP contribution in [0.2, 0.25) is 0 Å². The van der Waals surface area contributed by atoms with Gasteiger partial charge in [0.2, 0.25) is 0 Å². The predicted molar refractivity (Wildman–Crippen MR) is 88.1 cm³/mol. The maximum absolute atomic E-state index is 14.4. The molecular formula is C18H29FN2. The van der Waals surface area contributed by atoms with Gasteiger partial charge in [-0.1, -0.05) is 39.8 Å². The van der Waals surface area contributed by atoms with Gasteiger partial charge in [-0.2, -0.15) is 0 Å². The van der Waals surface area contributed by atoms with Crippen molar-refractivity contribution in [2.45, 2.75) is 40.7 Å². The van der Waals surface area contributed by atoms with Gasteiger partial charge in [0, 0.05) is 19.6 Å². The van der Waals surface area contributed by atoms with E-state index >= 15 is 0 Å². The number of benzene rings is 1. The Kier molecular flexibility index (Phi) is 5.63. The first-order valence-electron chi connectivity index (χ1n) is 8.22. The first kappa shape index (κ1) is 16.3. The maximum Gasteiger partial charge on any atom is 0.146 e. The molecule has 2 atom stereocenters. The fraction of sp³-hybridized carbons (Fsp3) is 0.667. The smallest absolute Gasteiger partial charge is 0.146 e. The van der Waals surface area contributed by atoms with E-state index < -0.39 is 0 Å². The SMILES string of the molecule is CC(C)CNCc1cccc(F)c1N1CCC(C)C(C)C1. The highest BCUT2D eigenvalue weighted by molar-refractivity contribution is 5.55. The van der Waals surface area contributed by atoms with Crippen LogP contribution in [-0.4, -0.2) is 19.6 Å². The minimum atomic E-state index is -0.0828. The third kappa shape index (κ3) is 4.19. The van der Waals surface area contributed by atoms with E-state index in [0.717, 1.165) is 49.8 Å². The number of piperidine rings is 1. The van der Waals surface area contributed by atoms with Gasteiger partial charge in [-0.05, 0) is 42.3 Å². The van der Waals surface area contributed by atoms with E-state index in [1.807, 2.05) is 6.07 Å². The Bertz CT molecular complexity index is 459. The van der Waals surface area contributed by atoms with Gasteiger partial charge >= 0.3 is 0 Å². The molecule has 1 aliphatic heterocycles. The minimum Gasteiger partial charge on any atom is -0.369 e. The van der Waals surface area contributed by atoms with Crippen LogP contribution < -0.4 is 10.2 Å². The molecule has 118 valence electrons. The normalized spacial score (nSPS) is 22.9. The molecule has 2 rings (SSSR count). The van der Waals surface area contributed by atoms with Crippen molar-refractivity contribution in [3.8, 4) is 0 Å². The van der Waals surface area contributed by atoms with Gasteiger partial charge in [0.1, 0.15) is 5.82 Å². The fourth-order valence-electron chi connectivity index (χ4n) is 3.02. The third-order valence-electron chi connectivity index (χ3n) is 4.59. The van der Waals surface area contributed by atoms with Crippen molar-refractivity contribution < 1.29 is 4.39 Å². The van der Waals surface area contributed by atoms with E-state index in [0.29, 0.717) is 11.8 Å². The molecule has 0 radical (unpaired) electrons. The molecule has 1 aliphatic rings. The second-order valence-corrected chi connectivity index (χ2v) is 6.96. The van der Waals surface area contributed by atoms with E-state index in [1.165, 1.54) is 0 Å². The first-order chi connectivity index (χ1) is 9.99. The van der Waals surface area contributed by atoms with E-state index in [9.17, 15) is 4.39 Å². The minimum absolute atomic E-state index is 0.0828. The van der Waals surface area contributed by atoms with E-state index in [2.05, 4.69) is 44.0 Å². The average Bonchev–Trinajstić information content (AvgIpc) is 2.42. The van der Waals surface area contributed by atoms with Gasteiger partial charge in [0.05, 0.1) is 5.69 Å². The van der Waals surface area contributed by atoms with Gasteiger partial charge in [-0.15, -0.1) is 0 Å². The van der Waals surface area contributed by atoms with E-state index in [1.54, 1.807) is 6.07 Å². The van der Waals surface area contributed by atoms with Gasteiger partial charge < -0.3 is 10.2 Å². The van der Waals surface area contributed by atoms with Crippen LogP contribution in [0.1, 0.15) is 39.7 Å². The highest BCUT2D eigenvalue weighted by Gasteiger charge is 2.25. The van der Waals surface area contributed by atoms with Crippen LogP contribution in [-0.2, 0) is 6.54 Å². The maximum atomic E-state index is 14.4. The van der Waals surface area contributed by atoms with E-state index in [-0.39, 0.29) is 5.82 Å². The molecule has 1 heterocycles. The molecule has 0 bridgehead atoms. The van der Waals surface area contributed by atoms with Crippen molar-refractivity contribution in [3.05, 3.63) is 29.6 Å². The van der Waals surface area contributed by atoms with Gasteiger partial charge in [-0.3, -0.25) is 0 Å². The summed E-state index contributed by atoms with van der Waals surface area (Å²) in [5, 5.41) is 3.43. The summed E-state index contributed by atoms with van der Waals surface area (Å²) >= 11 is 0. The zero-order valence-electron chi connectivity index (χ0n) is 13.8. The summed E-state index contributed by atoms with van der Waals surface area (Å²) in [6.45, 7) is 12.6. The van der Waals surface area contributed by atoms with Crippen molar-refractivity contribution in [1.29, 1.82) is 0 Å². The lowest BCUT2D eigenvalue weighted by molar-refractivity contribution is 0.322. The molecule has 0 saturated carbocycles. The van der Waals surface area contributed by atoms with Crippen LogP contribution in [0, 0.1) is 23.6 Å².